The summed E-state index contributed by atoms with van der Waals surface area (Å²) in [5.74, 6) is 0.826. The van der Waals surface area contributed by atoms with Crippen molar-refractivity contribution in [2.24, 2.45) is 0 Å². The van der Waals surface area contributed by atoms with Gasteiger partial charge in [0, 0.05) is 48.7 Å². The van der Waals surface area contributed by atoms with Crippen molar-refractivity contribution >= 4 is 10.8 Å². The van der Waals surface area contributed by atoms with E-state index in [1.54, 1.807) is 7.11 Å². The molecule has 136 valence electrons. The summed E-state index contributed by atoms with van der Waals surface area (Å²) >= 11 is 0. The summed E-state index contributed by atoms with van der Waals surface area (Å²) in [5, 5.41) is 6.93. The third kappa shape index (κ3) is 3.83. The van der Waals surface area contributed by atoms with E-state index in [9.17, 15) is 0 Å². The molecule has 4 aromatic rings. The Morgan fingerprint density at radius 3 is 2.81 bits per heavy atom. The molecular weight excluding hydrogens is 336 g/mol. The Bertz CT molecular complexity index is 1050. The number of rotatable bonds is 6. The molecule has 0 amide bonds. The number of methoxy groups -OCH3 is 1. The molecular formula is C22H22N4O. The van der Waals surface area contributed by atoms with E-state index in [1.807, 2.05) is 47.5 Å². The molecule has 0 aliphatic carbocycles. The maximum atomic E-state index is 5.30. The van der Waals surface area contributed by atoms with Crippen LogP contribution in [0.5, 0.6) is 5.75 Å². The van der Waals surface area contributed by atoms with Gasteiger partial charge in [0.05, 0.1) is 19.0 Å². The molecule has 5 heteroatoms. The molecule has 27 heavy (non-hydrogen) atoms. The highest BCUT2D eigenvalue weighted by atomic mass is 16.5. The number of nitrogens with zero attached hydrogens (tertiary/aromatic N) is 4. The summed E-state index contributed by atoms with van der Waals surface area (Å²) in [7, 11) is 3.80. The van der Waals surface area contributed by atoms with Gasteiger partial charge in [0.2, 0.25) is 0 Å². The lowest BCUT2D eigenvalue weighted by Gasteiger charge is -2.17. The average Bonchev–Trinajstić information content (AvgIpc) is 3.17. The highest BCUT2D eigenvalue weighted by Gasteiger charge is 2.08. The van der Waals surface area contributed by atoms with E-state index >= 15 is 0 Å². The number of hydrogen-bond donors (Lipinski definition) is 0. The van der Waals surface area contributed by atoms with Crippen molar-refractivity contribution in [2.45, 2.75) is 13.1 Å². The van der Waals surface area contributed by atoms with Crippen molar-refractivity contribution < 1.29 is 4.74 Å². The van der Waals surface area contributed by atoms with Gasteiger partial charge >= 0.3 is 0 Å². The van der Waals surface area contributed by atoms with Crippen LogP contribution in [0.4, 0.5) is 0 Å². The molecule has 0 spiro atoms. The van der Waals surface area contributed by atoms with Gasteiger partial charge < -0.3 is 4.74 Å². The summed E-state index contributed by atoms with van der Waals surface area (Å²) in [6, 6.07) is 16.4. The Hall–Kier alpha value is -3.18. The second-order valence-electron chi connectivity index (χ2n) is 6.68. The van der Waals surface area contributed by atoms with E-state index in [-0.39, 0.29) is 0 Å². The first-order valence-corrected chi connectivity index (χ1v) is 8.91. The van der Waals surface area contributed by atoms with Crippen molar-refractivity contribution in [2.75, 3.05) is 14.2 Å². The van der Waals surface area contributed by atoms with Crippen LogP contribution in [0.3, 0.4) is 0 Å². The van der Waals surface area contributed by atoms with Gasteiger partial charge in [-0.2, -0.15) is 5.10 Å². The highest BCUT2D eigenvalue weighted by Crippen LogP contribution is 2.20. The molecule has 2 heterocycles. The first kappa shape index (κ1) is 17.2. The molecule has 0 saturated carbocycles. The lowest BCUT2D eigenvalue weighted by Crippen LogP contribution is -2.17. The van der Waals surface area contributed by atoms with Crippen LogP contribution >= 0.6 is 0 Å². The van der Waals surface area contributed by atoms with Crippen LogP contribution < -0.4 is 4.74 Å². The normalized spacial score (nSPS) is 11.2. The predicted molar refractivity (Wildman–Crippen MR) is 107 cm³/mol. The van der Waals surface area contributed by atoms with E-state index < -0.39 is 0 Å². The molecule has 4 rings (SSSR count). The first-order valence-electron chi connectivity index (χ1n) is 8.91. The SMILES string of the molecule is COc1cccc(-n2cc(CN(C)Cc3cccc4cnccc34)cn2)c1. The van der Waals surface area contributed by atoms with Crippen molar-refractivity contribution in [1.82, 2.24) is 19.7 Å². The van der Waals surface area contributed by atoms with Crippen molar-refractivity contribution in [3.63, 3.8) is 0 Å². The van der Waals surface area contributed by atoms with Gasteiger partial charge in [-0.15, -0.1) is 0 Å². The fraction of sp³-hybridized carbons (Fsp3) is 0.182. The fourth-order valence-electron chi connectivity index (χ4n) is 3.32. The lowest BCUT2D eigenvalue weighted by atomic mass is 10.1. The van der Waals surface area contributed by atoms with Gasteiger partial charge in [0.15, 0.2) is 0 Å². The molecule has 2 aromatic carbocycles. The van der Waals surface area contributed by atoms with E-state index in [0.29, 0.717) is 0 Å². The van der Waals surface area contributed by atoms with E-state index in [2.05, 4.69) is 52.5 Å². The standard InChI is InChI=1S/C22H22N4O/c1-25(16-19-6-3-5-18-13-23-10-9-22(18)19)14-17-12-24-26(15-17)20-7-4-8-21(11-20)27-2/h3-13,15H,14,16H2,1-2H3. The summed E-state index contributed by atoms with van der Waals surface area (Å²) in [4.78, 5) is 6.50. The number of benzene rings is 2. The summed E-state index contributed by atoms with van der Waals surface area (Å²) in [6.07, 6.45) is 7.75. The van der Waals surface area contributed by atoms with Crippen LogP contribution in [-0.4, -0.2) is 33.8 Å². The lowest BCUT2D eigenvalue weighted by molar-refractivity contribution is 0.320. The van der Waals surface area contributed by atoms with Gasteiger partial charge in [-0.1, -0.05) is 24.3 Å². The Kier molecular flexibility index (Phi) is 4.85. The molecule has 0 aliphatic rings. The van der Waals surface area contributed by atoms with Crippen LogP contribution in [0.2, 0.25) is 0 Å². The second-order valence-corrected chi connectivity index (χ2v) is 6.68. The van der Waals surface area contributed by atoms with Crippen molar-refractivity contribution in [1.29, 1.82) is 0 Å². The van der Waals surface area contributed by atoms with Crippen LogP contribution in [0, 0.1) is 0 Å². The van der Waals surface area contributed by atoms with Crippen molar-refractivity contribution in [3.8, 4) is 11.4 Å². The highest BCUT2D eigenvalue weighted by molar-refractivity contribution is 5.84. The molecule has 0 radical (unpaired) electrons. The summed E-state index contributed by atoms with van der Waals surface area (Å²) < 4.78 is 7.18. The largest absolute Gasteiger partial charge is 0.497 e. The zero-order valence-electron chi connectivity index (χ0n) is 15.5. The monoisotopic (exact) mass is 358 g/mol. The number of fused-ring (bicyclic) bond motifs is 1. The quantitative estimate of drug-likeness (QED) is 0.521. The van der Waals surface area contributed by atoms with Crippen LogP contribution in [0.25, 0.3) is 16.5 Å². The Morgan fingerprint density at radius 1 is 1.04 bits per heavy atom. The molecule has 0 N–H and O–H groups in total. The van der Waals surface area contributed by atoms with Crippen molar-refractivity contribution in [3.05, 3.63) is 84.4 Å². The van der Waals surface area contributed by atoms with Gasteiger partial charge in [-0.05, 0) is 36.2 Å². The number of aromatic nitrogens is 3. The van der Waals surface area contributed by atoms with Gasteiger partial charge in [-0.3, -0.25) is 9.88 Å². The van der Waals surface area contributed by atoms with Gasteiger partial charge in [0.1, 0.15) is 5.75 Å². The zero-order valence-corrected chi connectivity index (χ0v) is 15.5. The number of pyridine rings is 1. The third-order valence-corrected chi connectivity index (χ3v) is 4.62. The topological polar surface area (TPSA) is 43.2 Å². The van der Waals surface area contributed by atoms with E-state index in [1.165, 1.54) is 21.9 Å². The molecule has 0 saturated heterocycles. The van der Waals surface area contributed by atoms with Gasteiger partial charge in [0.25, 0.3) is 0 Å². The zero-order chi connectivity index (χ0) is 18.6. The first-order chi connectivity index (χ1) is 13.2. The summed E-state index contributed by atoms with van der Waals surface area (Å²) in [6.45, 7) is 1.69. The Morgan fingerprint density at radius 2 is 1.93 bits per heavy atom. The molecule has 2 aromatic heterocycles. The minimum Gasteiger partial charge on any atom is -0.497 e. The smallest absolute Gasteiger partial charge is 0.121 e. The average molecular weight is 358 g/mol. The molecule has 0 aliphatic heterocycles. The number of hydrogen-bond acceptors (Lipinski definition) is 4. The maximum absolute atomic E-state index is 5.30. The minimum atomic E-state index is 0.825. The Labute approximate surface area is 158 Å². The maximum Gasteiger partial charge on any atom is 0.121 e. The third-order valence-electron chi connectivity index (χ3n) is 4.62. The minimum absolute atomic E-state index is 0.825. The number of ether oxygens (including phenoxy) is 1. The van der Waals surface area contributed by atoms with Crippen LogP contribution in [-0.2, 0) is 13.1 Å². The van der Waals surface area contributed by atoms with E-state index in [4.69, 9.17) is 4.74 Å². The molecule has 0 unspecified atom stereocenters. The molecule has 0 bridgehead atoms. The van der Waals surface area contributed by atoms with Crippen LogP contribution in [0.1, 0.15) is 11.1 Å². The molecule has 0 fully saturated rings. The molecule has 5 nitrogen and oxygen atoms in total. The second kappa shape index (κ2) is 7.60. The van der Waals surface area contributed by atoms with E-state index in [0.717, 1.165) is 24.5 Å². The Balaban J connectivity index is 1.48. The van der Waals surface area contributed by atoms with Crippen LogP contribution in [0.15, 0.2) is 73.3 Å². The summed E-state index contributed by atoms with van der Waals surface area (Å²) in [5.41, 5.74) is 3.46. The predicted octanol–water partition coefficient (Wildman–Crippen LogP) is 4.06. The fourth-order valence-corrected chi connectivity index (χ4v) is 3.32. The van der Waals surface area contributed by atoms with Gasteiger partial charge in [-0.25, -0.2) is 4.68 Å². The molecule has 0 atom stereocenters.